The fourth-order valence-corrected chi connectivity index (χ4v) is 5.43. The van der Waals surface area contributed by atoms with E-state index in [-0.39, 0.29) is 37.6 Å². The van der Waals surface area contributed by atoms with Crippen LogP contribution in [0.3, 0.4) is 0 Å². The highest BCUT2D eigenvalue weighted by Gasteiger charge is 2.51. The molecule has 0 radical (unpaired) electrons. The number of carbonyl (C=O) groups excluding carboxylic acids is 3. The Labute approximate surface area is 216 Å². The van der Waals surface area contributed by atoms with E-state index in [4.69, 9.17) is 4.74 Å². The van der Waals surface area contributed by atoms with Gasteiger partial charge in [0.2, 0.25) is 0 Å². The van der Waals surface area contributed by atoms with Gasteiger partial charge < -0.3 is 14.5 Å². The van der Waals surface area contributed by atoms with E-state index < -0.39 is 29.2 Å². The Morgan fingerprint density at radius 1 is 1.14 bits per heavy atom. The number of amides is 2. The first kappa shape index (κ1) is 26.7. The summed E-state index contributed by atoms with van der Waals surface area (Å²) in [6.07, 6.45) is -4.01. The smallest absolute Gasteiger partial charge is 0.416 e. The van der Waals surface area contributed by atoms with Crippen LogP contribution in [0.4, 0.5) is 18.9 Å². The van der Waals surface area contributed by atoms with Gasteiger partial charge in [0.05, 0.1) is 17.7 Å². The summed E-state index contributed by atoms with van der Waals surface area (Å²) in [6.45, 7) is 3.87. The monoisotopic (exact) mass is 532 g/mol. The van der Waals surface area contributed by atoms with Crippen LogP contribution in [0.25, 0.3) is 10.1 Å². The van der Waals surface area contributed by atoms with Crippen LogP contribution in [-0.2, 0) is 20.5 Å². The lowest BCUT2D eigenvalue weighted by molar-refractivity contribution is -0.143. The predicted molar refractivity (Wildman–Crippen MR) is 136 cm³/mol. The average Bonchev–Trinajstić information content (AvgIpc) is 3.29. The third-order valence-corrected chi connectivity index (χ3v) is 7.60. The van der Waals surface area contributed by atoms with Crippen LogP contribution >= 0.6 is 11.3 Å². The van der Waals surface area contributed by atoms with Gasteiger partial charge >= 0.3 is 12.1 Å². The molecule has 0 saturated carbocycles. The molecule has 1 unspecified atom stereocenters. The molecule has 1 aliphatic rings. The van der Waals surface area contributed by atoms with E-state index in [0.29, 0.717) is 18.5 Å². The van der Waals surface area contributed by atoms with Crippen LogP contribution in [-0.4, -0.2) is 47.9 Å². The number of benzene rings is 2. The Kier molecular flexibility index (Phi) is 7.59. The highest BCUT2D eigenvalue weighted by atomic mass is 32.1. The SMILES string of the molecule is CCOC(=O)CCCN(C(=O)C1(C)CCN1C(=O)c1csc2ccccc12)c1cccc(C(F)(F)F)c1. The normalized spacial score (nSPS) is 17.4. The Morgan fingerprint density at radius 2 is 1.89 bits per heavy atom. The molecule has 196 valence electrons. The minimum absolute atomic E-state index is 0.00202. The van der Waals surface area contributed by atoms with Crippen LogP contribution in [0, 0.1) is 0 Å². The first-order valence-corrected chi connectivity index (χ1v) is 12.9. The third-order valence-electron chi connectivity index (χ3n) is 6.63. The minimum atomic E-state index is -4.59. The van der Waals surface area contributed by atoms with Gasteiger partial charge in [0, 0.05) is 40.7 Å². The number of hydrogen-bond donors (Lipinski definition) is 0. The molecule has 1 aromatic heterocycles. The van der Waals surface area contributed by atoms with Crippen molar-refractivity contribution < 1.29 is 32.3 Å². The number of thiophene rings is 1. The van der Waals surface area contributed by atoms with Crippen molar-refractivity contribution in [2.75, 3.05) is 24.6 Å². The Morgan fingerprint density at radius 3 is 2.57 bits per heavy atom. The second-order valence-corrected chi connectivity index (χ2v) is 9.95. The molecule has 0 spiro atoms. The molecule has 1 saturated heterocycles. The standard InChI is InChI=1S/C27H27F3N2O4S/c1-3-36-23(33)12-7-14-31(19-9-6-8-18(16-19)27(28,29)30)25(35)26(2)13-15-32(26)24(34)21-17-37-22-11-5-4-10-20(21)22/h4-6,8-11,16-17H,3,7,12-15H2,1-2H3. The number of fused-ring (bicyclic) bond motifs is 1. The summed E-state index contributed by atoms with van der Waals surface area (Å²) in [5, 5.41) is 2.56. The Balaban J connectivity index is 1.62. The number of carbonyl (C=O) groups is 3. The van der Waals surface area contributed by atoms with E-state index >= 15 is 0 Å². The molecule has 2 amide bonds. The molecule has 4 rings (SSSR count). The molecule has 1 fully saturated rings. The summed E-state index contributed by atoms with van der Waals surface area (Å²) in [5.74, 6) is -1.24. The van der Waals surface area contributed by atoms with Crippen molar-refractivity contribution in [2.24, 2.45) is 0 Å². The van der Waals surface area contributed by atoms with Crippen molar-refractivity contribution in [1.29, 1.82) is 0 Å². The summed E-state index contributed by atoms with van der Waals surface area (Å²) < 4.78 is 46.2. The Hall–Kier alpha value is -3.40. The molecular weight excluding hydrogens is 505 g/mol. The molecule has 1 aliphatic heterocycles. The molecule has 6 nitrogen and oxygen atoms in total. The van der Waals surface area contributed by atoms with Crippen molar-refractivity contribution >= 4 is 44.9 Å². The van der Waals surface area contributed by atoms with Crippen molar-refractivity contribution in [2.45, 2.75) is 44.8 Å². The molecule has 2 heterocycles. The van der Waals surface area contributed by atoms with E-state index in [9.17, 15) is 27.6 Å². The topological polar surface area (TPSA) is 66.9 Å². The van der Waals surface area contributed by atoms with E-state index in [0.717, 1.165) is 22.2 Å². The molecule has 0 aliphatic carbocycles. The number of likely N-dealkylation sites (tertiary alicyclic amines) is 1. The fraction of sp³-hybridized carbons (Fsp3) is 0.370. The molecule has 10 heteroatoms. The number of alkyl halides is 3. The lowest BCUT2D eigenvalue weighted by atomic mass is 9.84. The van der Waals surface area contributed by atoms with Gasteiger partial charge in [-0.15, -0.1) is 11.3 Å². The number of halogens is 3. The summed E-state index contributed by atoms with van der Waals surface area (Å²) in [4.78, 5) is 42.0. The van der Waals surface area contributed by atoms with E-state index in [1.54, 1.807) is 19.2 Å². The molecular formula is C27H27F3N2O4S. The summed E-state index contributed by atoms with van der Waals surface area (Å²) in [6, 6.07) is 12.0. The molecule has 1 atom stereocenters. The van der Waals surface area contributed by atoms with Gasteiger partial charge in [-0.3, -0.25) is 14.4 Å². The van der Waals surface area contributed by atoms with Gasteiger partial charge in [-0.1, -0.05) is 24.3 Å². The lowest BCUT2D eigenvalue weighted by Gasteiger charge is -2.51. The highest BCUT2D eigenvalue weighted by Crippen LogP contribution is 2.38. The largest absolute Gasteiger partial charge is 0.466 e. The van der Waals surface area contributed by atoms with Crippen LogP contribution < -0.4 is 4.90 Å². The van der Waals surface area contributed by atoms with Gasteiger partial charge in [-0.2, -0.15) is 13.2 Å². The first-order valence-electron chi connectivity index (χ1n) is 12.0. The van der Waals surface area contributed by atoms with Gasteiger partial charge in [-0.25, -0.2) is 0 Å². The number of ether oxygens (including phenoxy) is 1. The van der Waals surface area contributed by atoms with E-state index in [2.05, 4.69) is 0 Å². The van der Waals surface area contributed by atoms with Crippen molar-refractivity contribution in [3.8, 4) is 0 Å². The van der Waals surface area contributed by atoms with Gasteiger partial charge in [-0.05, 0) is 51.0 Å². The summed E-state index contributed by atoms with van der Waals surface area (Å²) in [7, 11) is 0. The van der Waals surface area contributed by atoms with E-state index in [1.165, 1.54) is 33.3 Å². The van der Waals surface area contributed by atoms with Crippen LogP contribution in [0.5, 0.6) is 0 Å². The third kappa shape index (κ3) is 5.34. The predicted octanol–water partition coefficient (Wildman–Crippen LogP) is 5.90. The number of hydrogen-bond acceptors (Lipinski definition) is 5. The van der Waals surface area contributed by atoms with Crippen molar-refractivity contribution in [3.05, 3.63) is 65.0 Å². The first-order chi connectivity index (χ1) is 17.6. The molecule has 2 aromatic carbocycles. The number of nitrogens with zero attached hydrogens (tertiary/aromatic N) is 2. The Bertz CT molecular complexity index is 1320. The molecule has 37 heavy (non-hydrogen) atoms. The number of rotatable bonds is 8. The average molecular weight is 533 g/mol. The van der Waals surface area contributed by atoms with E-state index in [1.807, 2.05) is 24.3 Å². The minimum Gasteiger partial charge on any atom is -0.466 e. The fourth-order valence-electron chi connectivity index (χ4n) is 4.50. The quantitative estimate of drug-likeness (QED) is 0.339. The molecule has 0 bridgehead atoms. The molecule has 3 aromatic rings. The maximum absolute atomic E-state index is 13.9. The second kappa shape index (κ2) is 10.5. The maximum atomic E-state index is 13.9. The zero-order valence-electron chi connectivity index (χ0n) is 20.5. The second-order valence-electron chi connectivity index (χ2n) is 9.04. The van der Waals surface area contributed by atoms with Gasteiger partial charge in [0.1, 0.15) is 5.54 Å². The lowest BCUT2D eigenvalue weighted by Crippen LogP contribution is -2.68. The zero-order valence-corrected chi connectivity index (χ0v) is 21.3. The van der Waals surface area contributed by atoms with Crippen LogP contribution in [0.15, 0.2) is 53.9 Å². The van der Waals surface area contributed by atoms with Crippen molar-refractivity contribution in [1.82, 2.24) is 4.90 Å². The van der Waals surface area contributed by atoms with Crippen molar-refractivity contribution in [3.63, 3.8) is 0 Å². The number of anilines is 1. The van der Waals surface area contributed by atoms with Crippen LogP contribution in [0.1, 0.15) is 49.0 Å². The summed E-state index contributed by atoms with van der Waals surface area (Å²) in [5.41, 5.74) is -1.57. The highest BCUT2D eigenvalue weighted by molar-refractivity contribution is 7.17. The van der Waals surface area contributed by atoms with Crippen LogP contribution in [0.2, 0.25) is 0 Å². The molecule has 0 N–H and O–H groups in total. The summed E-state index contributed by atoms with van der Waals surface area (Å²) >= 11 is 1.43. The zero-order chi connectivity index (χ0) is 26.8. The maximum Gasteiger partial charge on any atom is 0.416 e. The van der Waals surface area contributed by atoms with Gasteiger partial charge in [0.25, 0.3) is 11.8 Å². The van der Waals surface area contributed by atoms with Gasteiger partial charge in [0.15, 0.2) is 0 Å². The number of esters is 1.